The van der Waals surface area contributed by atoms with E-state index in [0.717, 1.165) is 0 Å². The van der Waals surface area contributed by atoms with E-state index in [1.807, 2.05) is 0 Å². The summed E-state index contributed by atoms with van der Waals surface area (Å²) in [6.45, 7) is 0. The Bertz CT molecular complexity index is 448. The van der Waals surface area contributed by atoms with Gasteiger partial charge in [-0.3, -0.25) is 0 Å². The number of hydrogen-bond donors (Lipinski definition) is 1. The van der Waals surface area contributed by atoms with Crippen LogP contribution >= 0.6 is 0 Å². The average Bonchev–Trinajstić information content (AvgIpc) is 2.27. The van der Waals surface area contributed by atoms with Crippen LogP contribution < -0.4 is 4.90 Å². The summed E-state index contributed by atoms with van der Waals surface area (Å²) >= 11 is 0. The molecule has 0 saturated heterocycles. The molecule has 0 bridgehead atoms. The van der Waals surface area contributed by atoms with Crippen LogP contribution in [0.1, 0.15) is 10.4 Å². The number of benzene rings is 1. The summed E-state index contributed by atoms with van der Waals surface area (Å²) in [6, 6.07) is 6.60. The van der Waals surface area contributed by atoms with Gasteiger partial charge in [0.25, 0.3) is 0 Å². The van der Waals surface area contributed by atoms with Crippen molar-refractivity contribution >= 4 is 22.4 Å². The predicted octanol–water partition coefficient (Wildman–Crippen LogP) is 0.478. The maximum absolute atomic E-state index is 11.3. The number of carbonyl (C=O) groups is 1. The van der Waals surface area contributed by atoms with E-state index in [1.165, 1.54) is 12.0 Å². The zero-order valence-corrected chi connectivity index (χ0v) is 9.94. The number of methoxy groups -OCH3 is 1. The third-order valence-corrected chi connectivity index (χ3v) is 2.69. The van der Waals surface area contributed by atoms with Gasteiger partial charge in [0, 0.05) is 12.7 Å². The van der Waals surface area contributed by atoms with E-state index in [-0.39, 0.29) is 5.88 Å². The van der Waals surface area contributed by atoms with Gasteiger partial charge in [-0.15, -0.1) is 0 Å². The van der Waals surface area contributed by atoms with E-state index in [0.29, 0.717) is 11.3 Å². The lowest BCUT2D eigenvalue weighted by Crippen LogP contribution is -2.19. The van der Waals surface area contributed by atoms with E-state index in [2.05, 4.69) is 4.74 Å². The van der Waals surface area contributed by atoms with E-state index < -0.39 is 16.7 Å². The van der Waals surface area contributed by atoms with Crippen LogP contribution in [-0.2, 0) is 15.4 Å². The van der Waals surface area contributed by atoms with Gasteiger partial charge in [0.05, 0.1) is 12.7 Å². The third kappa shape index (κ3) is 3.23. The van der Waals surface area contributed by atoms with Crippen LogP contribution in [0.2, 0.25) is 0 Å². The Kier molecular flexibility index (Phi) is 4.30. The maximum atomic E-state index is 11.3. The Labute approximate surface area is 95.6 Å². The van der Waals surface area contributed by atoms with Crippen molar-refractivity contribution in [3.8, 4) is 0 Å². The Hall–Kier alpha value is -1.56. The maximum Gasteiger partial charge on any atom is 0.337 e. The molecule has 0 aliphatic heterocycles. The van der Waals surface area contributed by atoms with Crippen molar-refractivity contribution in [1.82, 2.24) is 0 Å². The van der Waals surface area contributed by atoms with Gasteiger partial charge in [-0.05, 0) is 18.2 Å². The Morgan fingerprint density at radius 2 is 2.12 bits per heavy atom. The van der Waals surface area contributed by atoms with Gasteiger partial charge in [-0.1, -0.05) is 6.07 Å². The van der Waals surface area contributed by atoms with Gasteiger partial charge in [0.1, 0.15) is 5.88 Å². The molecule has 0 radical (unpaired) electrons. The quantitative estimate of drug-likeness (QED) is 0.615. The minimum Gasteiger partial charge on any atom is -0.465 e. The monoisotopic (exact) mass is 243 g/mol. The Morgan fingerprint density at radius 1 is 1.44 bits per heavy atom. The highest BCUT2D eigenvalue weighted by Crippen LogP contribution is 2.15. The number of anilines is 1. The fourth-order valence-electron chi connectivity index (χ4n) is 1.24. The molecule has 0 heterocycles. The molecule has 1 rings (SSSR count). The standard InChI is InChI=1S/C10H13NO4S/c1-11(7-16(13)14)9-5-3-4-8(6-9)10(12)15-2/h3-6,16H,7H2,1-2H3. The highest BCUT2D eigenvalue weighted by Gasteiger charge is 2.08. The second-order valence-electron chi connectivity index (χ2n) is 3.21. The van der Waals surface area contributed by atoms with Crippen molar-refractivity contribution < 1.29 is 17.9 Å². The molecule has 0 atom stereocenters. The highest BCUT2D eigenvalue weighted by molar-refractivity contribution is 7.72. The lowest BCUT2D eigenvalue weighted by molar-refractivity contribution is 0.0601. The summed E-state index contributed by atoms with van der Waals surface area (Å²) in [4.78, 5) is 12.8. The van der Waals surface area contributed by atoms with Crippen LogP contribution in [0.3, 0.4) is 0 Å². The second kappa shape index (κ2) is 5.50. The van der Waals surface area contributed by atoms with Crippen molar-refractivity contribution in [2.24, 2.45) is 0 Å². The van der Waals surface area contributed by atoms with Crippen molar-refractivity contribution in [2.45, 2.75) is 0 Å². The fourth-order valence-corrected chi connectivity index (χ4v) is 1.75. The minimum atomic E-state index is -2.48. The largest absolute Gasteiger partial charge is 0.465 e. The Morgan fingerprint density at radius 3 is 2.69 bits per heavy atom. The first-order chi connectivity index (χ1) is 7.54. The molecule has 0 aliphatic rings. The van der Waals surface area contributed by atoms with Crippen molar-refractivity contribution in [1.29, 1.82) is 0 Å². The Balaban J connectivity index is 2.93. The zero-order valence-electron chi connectivity index (χ0n) is 9.04. The van der Waals surface area contributed by atoms with Crippen molar-refractivity contribution in [3.05, 3.63) is 29.8 Å². The van der Waals surface area contributed by atoms with Crippen molar-refractivity contribution in [2.75, 3.05) is 24.9 Å². The number of esters is 1. The summed E-state index contributed by atoms with van der Waals surface area (Å²) in [7, 11) is 0.457. The van der Waals surface area contributed by atoms with Crippen LogP contribution in [0.25, 0.3) is 0 Å². The van der Waals surface area contributed by atoms with Crippen molar-refractivity contribution in [3.63, 3.8) is 0 Å². The molecule has 1 aromatic carbocycles. The van der Waals surface area contributed by atoms with Gasteiger partial charge >= 0.3 is 5.97 Å². The molecule has 0 fully saturated rings. The number of ether oxygens (including phenoxy) is 1. The van der Waals surface area contributed by atoms with E-state index >= 15 is 0 Å². The summed E-state index contributed by atoms with van der Waals surface area (Å²) < 4.78 is 25.7. The molecule has 6 heteroatoms. The lowest BCUT2D eigenvalue weighted by Gasteiger charge is -2.16. The molecule has 5 nitrogen and oxygen atoms in total. The van der Waals surface area contributed by atoms with Gasteiger partial charge in [0.15, 0.2) is 10.7 Å². The normalized spacial score (nSPS) is 10.2. The first-order valence-electron chi connectivity index (χ1n) is 4.56. The fraction of sp³-hybridized carbons (Fsp3) is 0.300. The molecular formula is C10H13NO4S. The van der Waals surface area contributed by atoms with Gasteiger partial charge in [-0.2, -0.15) is 0 Å². The molecule has 0 amide bonds. The molecule has 0 aromatic heterocycles. The molecule has 0 unspecified atom stereocenters. The van der Waals surface area contributed by atoms with Gasteiger partial charge in [0.2, 0.25) is 0 Å². The van der Waals surface area contributed by atoms with Crippen LogP contribution in [-0.4, -0.2) is 34.4 Å². The van der Waals surface area contributed by atoms with E-state index in [1.54, 1.807) is 31.3 Å². The van der Waals surface area contributed by atoms with Crippen LogP contribution in [0.15, 0.2) is 24.3 Å². The van der Waals surface area contributed by atoms with E-state index in [9.17, 15) is 13.2 Å². The summed E-state index contributed by atoms with van der Waals surface area (Å²) in [5.41, 5.74) is 1.05. The lowest BCUT2D eigenvalue weighted by atomic mass is 10.2. The molecule has 0 spiro atoms. The number of hydrogen-bond acceptors (Lipinski definition) is 5. The highest BCUT2D eigenvalue weighted by atomic mass is 32.2. The van der Waals surface area contributed by atoms with Gasteiger partial charge in [-0.25, -0.2) is 13.2 Å². The smallest absolute Gasteiger partial charge is 0.337 e. The molecule has 0 aliphatic carbocycles. The topological polar surface area (TPSA) is 63.7 Å². The predicted molar refractivity (Wildman–Crippen MR) is 61.4 cm³/mol. The first-order valence-corrected chi connectivity index (χ1v) is 5.92. The number of carbonyl (C=O) groups excluding carboxylic acids is 1. The summed E-state index contributed by atoms with van der Waals surface area (Å²) in [6.07, 6.45) is 0. The molecule has 1 aromatic rings. The first kappa shape index (κ1) is 12.5. The molecule has 0 saturated carbocycles. The summed E-state index contributed by atoms with van der Waals surface area (Å²) in [5.74, 6) is -0.526. The van der Waals surface area contributed by atoms with Crippen LogP contribution in [0.5, 0.6) is 0 Å². The minimum absolute atomic E-state index is 0.0834. The van der Waals surface area contributed by atoms with E-state index in [4.69, 9.17) is 0 Å². The molecule has 0 N–H and O–H groups in total. The number of rotatable bonds is 4. The second-order valence-corrected chi connectivity index (χ2v) is 4.16. The zero-order chi connectivity index (χ0) is 12.1. The molecular weight excluding hydrogens is 230 g/mol. The molecule has 88 valence electrons. The van der Waals surface area contributed by atoms with Gasteiger partial charge < -0.3 is 9.64 Å². The van der Waals surface area contributed by atoms with Crippen LogP contribution in [0.4, 0.5) is 5.69 Å². The summed E-state index contributed by atoms with van der Waals surface area (Å²) in [5, 5.41) is 0. The number of nitrogens with zero attached hydrogens (tertiary/aromatic N) is 1. The molecule has 16 heavy (non-hydrogen) atoms. The number of thiol groups is 1. The SMILES string of the molecule is COC(=O)c1cccc(N(C)C[SH](=O)=O)c1. The average molecular weight is 243 g/mol. The van der Waals surface area contributed by atoms with Crippen LogP contribution in [0, 0.1) is 0 Å². The third-order valence-electron chi connectivity index (χ3n) is 2.04.